The van der Waals surface area contributed by atoms with Crippen molar-refractivity contribution in [1.29, 1.82) is 0 Å². The van der Waals surface area contributed by atoms with Crippen LogP contribution in [0.25, 0.3) is 0 Å². The smallest absolute Gasteiger partial charge is 0.306 e. The van der Waals surface area contributed by atoms with Gasteiger partial charge in [0.25, 0.3) is 0 Å². The predicted molar refractivity (Wildman–Crippen MR) is 73.4 cm³/mol. The number of hydrogen-bond donors (Lipinski definition) is 1. The Balaban J connectivity index is 1.81. The number of nitrogens with zero attached hydrogens (tertiary/aromatic N) is 2. The van der Waals surface area contributed by atoms with E-state index in [-0.39, 0.29) is 30.1 Å². The first kappa shape index (κ1) is 15.8. The Morgan fingerprint density at radius 1 is 1.38 bits per heavy atom. The molecule has 0 aromatic rings. The van der Waals surface area contributed by atoms with Crippen molar-refractivity contribution in [3.05, 3.63) is 0 Å². The molecule has 2 unspecified atom stereocenters. The van der Waals surface area contributed by atoms with Crippen molar-refractivity contribution in [2.75, 3.05) is 39.9 Å². The Labute approximate surface area is 123 Å². The SMILES string of the molecule is COCCN1CC(C(=O)N2CC(C(C)C(=O)O)C2)CC1=O. The fourth-order valence-corrected chi connectivity index (χ4v) is 2.82. The monoisotopic (exact) mass is 298 g/mol. The Morgan fingerprint density at radius 3 is 2.62 bits per heavy atom. The lowest BCUT2D eigenvalue weighted by Gasteiger charge is -2.42. The fraction of sp³-hybridized carbons (Fsp3) is 0.786. The standard InChI is InChI=1S/C14H22N2O5/c1-9(14(19)20)11-7-16(8-11)13(18)10-5-12(17)15(6-10)3-4-21-2/h9-11H,3-8H2,1-2H3,(H,19,20). The van der Waals surface area contributed by atoms with E-state index in [1.165, 1.54) is 0 Å². The van der Waals surface area contributed by atoms with Crippen molar-refractivity contribution < 1.29 is 24.2 Å². The zero-order valence-electron chi connectivity index (χ0n) is 12.4. The minimum atomic E-state index is -0.825. The van der Waals surface area contributed by atoms with E-state index >= 15 is 0 Å². The van der Waals surface area contributed by atoms with Gasteiger partial charge in [0.15, 0.2) is 0 Å². The molecule has 0 aliphatic carbocycles. The number of carboxylic acids is 1. The third kappa shape index (κ3) is 3.34. The summed E-state index contributed by atoms with van der Waals surface area (Å²) in [5.74, 6) is -1.58. The van der Waals surface area contributed by atoms with Crippen LogP contribution in [0.3, 0.4) is 0 Å². The van der Waals surface area contributed by atoms with Gasteiger partial charge in [-0.3, -0.25) is 14.4 Å². The number of carbonyl (C=O) groups is 3. The molecule has 0 aromatic carbocycles. The third-order valence-electron chi connectivity index (χ3n) is 4.45. The van der Waals surface area contributed by atoms with E-state index in [1.807, 2.05) is 0 Å². The summed E-state index contributed by atoms with van der Waals surface area (Å²) < 4.78 is 4.95. The molecular weight excluding hydrogens is 276 g/mol. The maximum absolute atomic E-state index is 12.3. The molecule has 1 N–H and O–H groups in total. The van der Waals surface area contributed by atoms with Gasteiger partial charge >= 0.3 is 5.97 Å². The van der Waals surface area contributed by atoms with Crippen LogP contribution >= 0.6 is 0 Å². The number of rotatable bonds is 6. The molecule has 0 saturated carbocycles. The Bertz CT molecular complexity index is 433. The van der Waals surface area contributed by atoms with Crippen LogP contribution in [-0.4, -0.2) is 72.6 Å². The lowest BCUT2D eigenvalue weighted by atomic mass is 9.86. The number of ether oxygens (including phenoxy) is 1. The summed E-state index contributed by atoms with van der Waals surface area (Å²) in [4.78, 5) is 38.3. The third-order valence-corrected chi connectivity index (χ3v) is 4.45. The highest BCUT2D eigenvalue weighted by Gasteiger charge is 2.42. The van der Waals surface area contributed by atoms with Gasteiger partial charge in [-0.15, -0.1) is 0 Å². The van der Waals surface area contributed by atoms with Crippen LogP contribution in [0.5, 0.6) is 0 Å². The second-order valence-corrected chi connectivity index (χ2v) is 5.86. The summed E-state index contributed by atoms with van der Waals surface area (Å²) in [5, 5.41) is 8.94. The molecule has 118 valence electrons. The predicted octanol–water partition coefficient (Wildman–Crippen LogP) is -0.340. The molecule has 2 amide bonds. The van der Waals surface area contributed by atoms with Crippen molar-refractivity contribution in [2.45, 2.75) is 13.3 Å². The van der Waals surface area contributed by atoms with Gasteiger partial charge in [0.05, 0.1) is 18.4 Å². The quantitative estimate of drug-likeness (QED) is 0.725. The summed E-state index contributed by atoms with van der Waals surface area (Å²) >= 11 is 0. The molecule has 0 spiro atoms. The minimum Gasteiger partial charge on any atom is -0.481 e. The topological polar surface area (TPSA) is 87.2 Å². The Morgan fingerprint density at radius 2 is 2.05 bits per heavy atom. The average molecular weight is 298 g/mol. The van der Waals surface area contributed by atoms with E-state index in [0.29, 0.717) is 32.8 Å². The van der Waals surface area contributed by atoms with Gasteiger partial charge < -0.3 is 19.6 Å². The molecule has 0 radical (unpaired) electrons. The van der Waals surface area contributed by atoms with Crippen LogP contribution in [0.1, 0.15) is 13.3 Å². The van der Waals surface area contributed by atoms with Gasteiger partial charge in [-0.05, 0) is 0 Å². The second kappa shape index (κ2) is 6.43. The molecular formula is C14H22N2O5. The number of amides is 2. The maximum Gasteiger partial charge on any atom is 0.306 e. The molecule has 21 heavy (non-hydrogen) atoms. The zero-order valence-corrected chi connectivity index (χ0v) is 12.4. The number of likely N-dealkylation sites (tertiary alicyclic amines) is 2. The zero-order chi connectivity index (χ0) is 15.6. The average Bonchev–Trinajstić information content (AvgIpc) is 2.75. The minimum absolute atomic E-state index is 0.0126. The van der Waals surface area contributed by atoms with Crippen LogP contribution in [-0.2, 0) is 19.1 Å². The summed E-state index contributed by atoms with van der Waals surface area (Å²) in [6.45, 7) is 4.05. The molecule has 2 rings (SSSR count). The van der Waals surface area contributed by atoms with Gasteiger partial charge in [-0.2, -0.15) is 0 Å². The highest BCUT2D eigenvalue weighted by atomic mass is 16.5. The van der Waals surface area contributed by atoms with Crippen LogP contribution < -0.4 is 0 Å². The van der Waals surface area contributed by atoms with Crippen LogP contribution in [0.4, 0.5) is 0 Å². The summed E-state index contributed by atoms with van der Waals surface area (Å²) in [6.07, 6.45) is 0.248. The van der Waals surface area contributed by atoms with Crippen molar-refractivity contribution in [1.82, 2.24) is 9.80 Å². The highest BCUT2D eigenvalue weighted by molar-refractivity contribution is 5.89. The van der Waals surface area contributed by atoms with Gasteiger partial charge in [0, 0.05) is 45.6 Å². The molecule has 2 aliphatic heterocycles. The van der Waals surface area contributed by atoms with E-state index in [2.05, 4.69) is 0 Å². The molecule has 2 aliphatic rings. The largest absolute Gasteiger partial charge is 0.481 e. The van der Waals surface area contributed by atoms with Gasteiger partial charge in [0.1, 0.15) is 0 Å². The number of carbonyl (C=O) groups excluding carboxylic acids is 2. The summed E-state index contributed by atoms with van der Waals surface area (Å²) in [6, 6.07) is 0. The molecule has 0 bridgehead atoms. The van der Waals surface area contributed by atoms with E-state index in [4.69, 9.17) is 9.84 Å². The van der Waals surface area contributed by atoms with E-state index in [1.54, 1.807) is 23.8 Å². The summed E-state index contributed by atoms with van der Waals surface area (Å²) in [5.41, 5.74) is 0. The lowest BCUT2D eigenvalue weighted by Crippen LogP contribution is -2.55. The number of methoxy groups -OCH3 is 1. The van der Waals surface area contributed by atoms with Gasteiger partial charge in [-0.25, -0.2) is 0 Å². The molecule has 2 heterocycles. The normalized spacial score (nSPS) is 24.1. The number of hydrogen-bond acceptors (Lipinski definition) is 4. The lowest BCUT2D eigenvalue weighted by molar-refractivity contribution is -0.152. The van der Waals surface area contributed by atoms with Crippen LogP contribution in [0, 0.1) is 17.8 Å². The van der Waals surface area contributed by atoms with Crippen molar-refractivity contribution in [3.8, 4) is 0 Å². The highest BCUT2D eigenvalue weighted by Crippen LogP contribution is 2.28. The van der Waals surface area contributed by atoms with Gasteiger partial charge in [0.2, 0.25) is 11.8 Å². The van der Waals surface area contributed by atoms with Crippen molar-refractivity contribution >= 4 is 17.8 Å². The molecule has 0 aromatic heterocycles. The van der Waals surface area contributed by atoms with Crippen molar-refractivity contribution in [3.63, 3.8) is 0 Å². The first-order chi connectivity index (χ1) is 9.93. The summed E-state index contributed by atoms with van der Waals surface area (Å²) in [7, 11) is 1.58. The van der Waals surface area contributed by atoms with E-state index < -0.39 is 11.9 Å². The number of aliphatic carboxylic acids is 1. The first-order valence-corrected chi connectivity index (χ1v) is 7.22. The van der Waals surface area contributed by atoms with Gasteiger partial charge in [-0.1, -0.05) is 6.92 Å². The van der Waals surface area contributed by atoms with Crippen LogP contribution in [0.15, 0.2) is 0 Å². The molecule has 2 fully saturated rings. The Hall–Kier alpha value is -1.63. The Kier molecular flexibility index (Phi) is 4.82. The van der Waals surface area contributed by atoms with E-state index in [0.717, 1.165) is 0 Å². The maximum atomic E-state index is 12.3. The molecule has 7 heteroatoms. The molecule has 2 atom stereocenters. The van der Waals surface area contributed by atoms with Crippen molar-refractivity contribution in [2.24, 2.45) is 17.8 Å². The second-order valence-electron chi connectivity index (χ2n) is 5.86. The molecule has 7 nitrogen and oxygen atoms in total. The van der Waals surface area contributed by atoms with E-state index in [9.17, 15) is 14.4 Å². The first-order valence-electron chi connectivity index (χ1n) is 7.22. The molecule has 2 saturated heterocycles. The number of carboxylic acid groups (broad SMARTS) is 1. The van der Waals surface area contributed by atoms with Crippen LogP contribution in [0.2, 0.25) is 0 Å². The fourth-order valence-electron chi connectivity index (χ4n) is 2.82.